The van der Waals surface area contributed by atoms with Gasteiger partial charge in [0.2, 0.25) is 0 Å². The van der Waals surface area contributed by atoms with Gasteiger partial charge < -0.3 is 14.7 Å². The number of hydrogen-bond acceptors (Lipinski definition) is 4. The first kappa shape index (κ1) is 18.9. The lowest BCUT2D eigenvalue weighted by molar-refractivity contribution is 0.0557. The van der Waals surface area contributed by atoms with E-state index >= 15 is 0 Å². The summed E-state index contributed by atoms with van der Waals surface area (Å²) in [5.41, 5.74) is 3.50. The van der Waals surface area contributed by atoms with E-state index in [-0.39, 0.29) is 12.5 Å². The van der Waals surface area contributed by atoms with Crippen LogP contribution in [0.1, 0.15) is 34.8 Å². The molecular weight excluding hydrogens is 344 g/mol. The highest BCUT2D eigenvalue weighted by Crippen LogP contribution is 2.37. The van der Waals surface area contributed by atoms with Gasteiger partial charge in [-0.05, 0) is 56.0 Å². The molecule has 6 heteroatoms. The van der Waals surface area contributed by atoms with Crippen molar-refractivity contribution < 1.29 is 19.4 Å². The Bertz CT molecular complexity index is 856. The molecule has 3 rings (SSSR count). The molecule has 0 aliphatic carbocycles. The minimum absolute atomic E-state index is 0.0205. The molecule has 0 saturated carbocycles. The summed E-state index contributed by atoms with van der Waals surface area (Å²) in [6.07, 6.45) is 5.50. The minimum atomic E-state index is -1.23. The number of allylic oxidation sites excluding steroid dienone is 2. The fraction of sp³-hybridized carbons (Fsp3) is 0.333. The number of fused-ring (bicyclic) bond motifs is 2. The highest BCUT2D eigenvalue weighted by atomic mass is 16.6. The molecule has 0 unspecified atom stereocenters. The van der Waals surface area contributed by atoms with Gasteiger partial charge in [-0.1, -0.05) is 24.8 Å². The molecule has 2 aliphatic heterocycles. The number of aliphatic hydroxyl groups is 1. The Morgan fingerprint density at radius 3 is 2.74 bits per heavy atom. The Morgan fingerprint density at radius 2 is 2.07 bits per heavy atom. The number of rotatable bonds is 3. The summed E-state index contributed by atoms with van der Waals surface area (Å²) in [6, 6.07) is 2.94. The lowest BCUT2D eigenvalue weighted by Crippen LogP contribution is -2.50. The fourth-order valence-corrected chi connectivity index (χ4v) is 3.48. The van der Waals surface area contributed by atoms with Crippen LogP contribution in [-0.2, 0) is 4.74 Å². The third kappa shape index (κ3) is 3.28. The monoisotopic (exact) mass is 368 g/mol. The lowest BCUT2D eigenvalue weighted by atomic mass is 10.0. The van der Waals surface area contributed by atoms with Gasteiger partial charge in [0.15, 0.2) is 6.23 Å². The summed E-state index contributed by atoms with van der Waals surface area (Å²) in [7, 11) is 0. The number of nitrogens with zero attached hydrogens (tertiary/aromatic N) is 2. The van der Waals surface area contributed by atoms with Crippen molar-refractivity contribution in [1.29, 1.82) is 0 Å². The molecule has 0 bridgehead atoms. The molecule has 1 aromatic carbocycles. The maximum Gasteiger partial charge on any atom is 0.416 e. The predicted octanol–water partition coefficient (Wildman–Crippen LogP) is 3.44. The van der Waals surface area contributed by atoms with E-state index in [0.717, 1.165) is 16.7 Å². The Kier molecular flexibility index (Phi) is 5.19. The van der Waals surface area contributed by atoms with Crippen molar-refractivity contribution in [2.75, 3.05) is 11.5 Å². The van der Waals surface area contributed by atoms with Gasteiger partial charge in [-0.3, -0.25) is 4.79 Å². The highest BCUT2D eigenvalue weighted by molar-refractivity contribution is 6.06. The van der Waals surface area contributed by atoms with Crippen LogP contribution in [0.5, 0.6) is 0 Å². The van der Waals surface area contributed by atoms with Crippen LogP contribution in [0.25, 0.3) is 0 Å². The number of aliphatic hydroxyl groups excluding tert-OH is 1. The van der Waals surface area contributed by atoms with E-state index in [9.17, 15) is 14.7 Å². The summed E-state index contributed by atoms with van der Waals surface area (Å²) in [4.78, 5) is 28.6. The van der Waals surface area contributed by atoms with Crippen LogP contribution in [0.4, 0.5) is 10.5 Å². The molecule has 0 spiro atoms. The van der Waals surface area contributed by atoms with Crippen LogP contribution in [-0.4, -0.2) is 40.9 Å². The number of benzene rings is 1. The van der Waals surface area contributed by atoms with Crippen LogP contribution in [0, 0.1) is 13.8 Å². The third-order valence-corrected chi connectivity index (χ3v) is 4.95. The second kappa shape index (κ2) is 7.40. The molecule has 6 nitrogen and oxygen atoms in total. The number of carbonyl (C=O) groups excluding carboxylic acids is 2. The summed E-state index contributed by atoms with van der Waals surface area (Å²) in [5.74, 6) is -0.240. The van der Waals surface area contributed by atoms with E-state index in [1.54, 1.807) is 18.3 Å². The highest BCUT2D eigenvalue weighted by Gasteiger charge is 2.44. The molecule has 2 heterocycles. The van der Waals surface area contributed by atoms with Gasteiger partial charge >= 0.3 is 6.09 Å². The lowest BCUT2D eigenvalue weighted by Gasteiger charge is -2.31. The van der Waals surface area contributed by atoms with Gasteiger partial charge in [0.25, 0.3) is 5.91 Å². The third-order valence-electron chi connectivity index (χ3n) is 4.95. The molecule has 1 N–H and O–H groups in total. The van der Waals surface area contributed by atoms with E-state index < -0.39 is 18.4 Å². The van der Waals surface area contributed by atoms with Gasteiger partial charge in [-0.25, -0.2) is 9.69 Å². The van der Waals surface area contributed by atoms with Crippen molar-refractivity contribution >= 4 is 17.7 Å². The topological polar surface area (TPSA) is 70.1 Å². The van der Waals surface area contributed by atoms with Crippen molar-refractivity contribution in [3.8, 4) is 0 Å². The van der Waals surface area contributed by atoms with Gasteiger partial charge in [0.1, 0.15) is 6.61 Å². The van der Waals surface area contributed by atoms with Crippen molar-refractivity contribution in [2.24, 2.45) is 0 Å². The van der Waals surface area contributed by atoms with Gasteiger partial charge in [0.05, 0.1) is 17.3 Å². The van der Waals surface area contributed by atoms with E-state index in [1.165, 1.54) is 15.9 Å². The molecule has 27 heavy (non-hydrogen) atoms. The van der Waals surface area contributed by atoms with Gasteiger partial charge in [0, 0.05) is 6.20 Å². The zero-order valence-electron chi connectivity index (χ0n) is 15.8. The molecule has 0 saturated heterocycles. The molecule has 0 fully saturated rings. The van der Waals surface area contributed by atoms with Crippen LogP contribution in [0.2, 0.25) is 0 Å². The van der Waals surface area contributed by atoms with Crippen molar-refractivity contribution in [3.05, 3.63) is 65.4 Å². The SMILES string of the molecule is C=CCOC(=O)N1c2cc(C)c(C)cc2C(=O)N2C=C(/C=C/C)C[C@H]2[C@@H]1O. The number of ether oxygens (including phenoxy) is 1. The van der Waals surface area contributed by atoms with Crippen molar-refractivity contribution in [1.82, 2.24) is 4.90 Å². The maximum atomic E-state index is 13.2. The fourth-order valence-electron chi connectivity index (χ4n) is 3.48. The molecule has 2 atom stereocenters. The Morgan fingerprint density at radius 1 is 1.37 bits per heavy atom. The predicted molar refractivity (Wildman–Crippen MR) is 103 cm³/mol. The average Bonchev–Trinajstić information content (AvgIpc) is 3.03. The first-order valence-corrected chi connectivity index (χ1v) is 8.91. The largest absolute Gasteiger partial charge is 0.445 e. The Hall–Kier alpha value is -2.86. The summed E-state index contributed by atoms with van der Waals surface area (Å²) in [6.45, 7) is 9.27. The first-order chi connectivity index (χ1) is 12.9. The van der Waals surface area contributed by atoms with E-state index in [1.807, 2.05) is 32.9 Å². The van der Waals surface area contributed by atoms with E-state index in [4.69, 9.17) is 4.74 Å². The number of hydrogen-bond donors (Lipinski definition) is 1. The van der Waals surface area contributed by atoms with Crippen LogP contribution >= 0.6 is 0 Å². The van der Waals surface area contributed by atoms with Crippen molar-refractivity contribution in [2.45, 2.75) is 39.5 Å². The van der Waals surface area contributed by atoms with E-state index in [0.29, 0.717) is 17.7 Å². The number of carbonyl (C=O) groups is 2. The zero-order chi connectivity index (χ0) is 19.7. The number of anilines is 1. The molecular formula is C21H24N2O4. The van der Waals surface area contributed by atoms with Gasteiger partial charge in [-0.15, -0.1) is 0 Å². The smallest absolute Gasteiger partial charge is 0.416 e. The second-order valence-electron chi connectivity index (χ2n) is 6.79. The Labute approximate surface area is 159 Å². The molecule has 142 valence electrons. The summed E-state index contributed by atoms with van der Waals surface area (Å²) < 4.78 is 5.19. The zero-order valence-corrected chi connectivity index (χ0v) is 15.8. The summed E-state index contributed by atoms with van der Waals surface area (Å²) in [5, 5.41) is 11.0. The number of amides is 2. The average molecular weight is 368 g/mol. The first-order valence-electron chi connectivity index (χ1n) is 8.91. The standard InChI is InChI=1S/C21H24N2O4/c1-5-7-15-11-18-20(25)23(21(26)27-8-6-2)17-10-14(4)13(3)9-16(17)19(24)22(18)12-15/h5-7,9-10,12,18,20,25H,2,8,11H2,1,3-4H3/b7-5+/t18-,20-/m0/s1. The van der Waals surface area contributed by atoms with Crippen LogP contribution in [0.15, 0.2) is 48.7 Å². The number of aryl methyl sites for hydroxylation is 2. The normalized spacial score (nSPS) is 21.6. The van der Waals surface area contributed by atoms with Crippen LogP contribution < -0.4 is 4.90 Å². The van der Waals surface area contributed by atoms with Gasteiger partial charge in [-0.2, -0.15) is 0 Å². The van der Waals surface area contributed by atoms with Crippen LogP contribution in [0.3, 0.4) is 0 Å². The summed E-state index contributed by atoms with van der Waals surface area (Å²) >= 11 is 0. The quantitative estimate of drug-likeness (QED) is 0.830. The molecule has 1 aromatic rings. The minimum Gasteiger partial charge on any atom is -0.445 e. The molecule has 2 amide bonds. The Balaban J connectivity index is 2.15. The van der Waals surface area contributed by atoms with Crippen molar-refractivity contribution in [3.63, 3.8) is 0 Å². The second-order valence-corrected chi connectivity index (χ2v) is 6.79. The molecule has 0 radical (unpaired) electrons. The van der Waals surface area contributed by atoms with E-state index in [2.05, 4.69) is 6.58 Å². The maximum absolute atomic E-state index is 13.2. The molecule has 0 aromatic heterocycles. The molecule has 2 aliphatic rings.